The molecule has 0 aliphatic heterocycles. The summed E-state index contributed by atoms with van der Waals surface area (Å²) >= 11 is 0. The van der Waals surface area contributed by atoms with Gasteiger partial charge < -0.3 is 5.11 Å². The molecule has 0 aromatic carbocycles. The molecule has 0 aliphatic rings. The molecule has 2 rings (SSSR count). The number of hydrogen-bond acceptors (Lipinski definition) is 4. The Balaban J connectivity index is 2.29. The van der Waals surface area contributed by atoms with E-state index in [0.29, 0.717) is 5.69 Å². The zero-order chi connectivity index (χ0) is 12.5. The Kier molecular flexibility index (Phi) is 2.80. The van der Waals surface area contributed by atoms with Gasteiger partial charge in [-0.3, -0.25) is 0 Å². The van der Waals surface area contributed by atoms with Crippen molar-refractivity contribution < 1.29 is 18.3 Å². The summed E-state index contributed by atoms with van der Waals surface area (Å²) in [5.41, 5.74) is -0.518. The van der Waals surface area contributed by atoms with Crippen molar-refractivity contribution in [1.29, 1.82) is 0 Å². The summed E-state index contributed by atoms with van der Waals surface area (Å²) in [4.78, 5) is 3.62. The Morgan fingerprint density at radius 3 is 2.53 bits per heavy atom. The van der Waals surface area contributed by atoms with Crippen LogP contribution in [0.15, 0.2) is 24.5 Å². The van der Waals surface area contributed by atoms with Gasteiger partial charge in [0.15, 0.2) is 5.82 Å². The van der Waals surface area contributed by atoms with E-state index in [1.54, 1.807) is 0 Å². The zero-order valence-electron chi connectivity index (χ0n) is 8.39. The van der Waals surface area contributed by atoms with E-state index >= 15 is 0 Å². The van der Waals surface area contributed by atoms with Crippen LogP contribution in [-0.2, 0) is 12.8 Å². The van der Waals surface area contributed by atoms with Crippen LogP contribution in [0.4, 0.5) is 13.2 Å². The highest BCUT2D eigenvalue weighted by Gasteiger charge is 2.30. The van der Waals surface area contributed by atoms with E-state index in [2.05, 4.69) is 15.3 Å². The Bertz CT molecular complexity index is 506. The predicted octanol–water partition coefficient (Wildman–Crippen LogP) is 1.17. The third-order valence-corrected chi connectivity index (χ3v) is 2.01. The summed E-state index contributed by atoms with van der Waals surface area (Å²) < 4.78 is 38.0. The molecule has 90 valence electrons. The molecular weight excluding hydrogens is 237 g/mol. The lowest BCUT2D eigenvalue weighted by Crippen LogP contribution is -2.07. The largest absolute Gasteiger partial charge is 0.417 e. The number of rotatable bonds is 2. The van der Waals surface area contributed by atoms with Gasteiger partial charge >= 0.3 is 6.18 Å². The van der Waals surface area contributed by atoms with Crippen LogP contribution in [0.1, 0.15) is 11.3 Å². The number of pyridine rings is 1. The molecule has 0 unspecified atom stereocenters. The average molecular weight is 244 g/mol. The smallest absolute Gasteiger partial charge is 0.390 e. The van der Waals surface area contributed by atoms with Gasteiger partial charge in [0.05, 0.1) is 18.4 Å². The van der Waals surface area contributed by atoms with Crippen molar-refractivity contribution in [2.75, 3.05) is 0 Å². The van der Waals surface area contributed by atoms with Crippen LogP contribution in [0.5, 0.6) is 0 Å². The first kappa shape index (κ1) is 11.5. The quantitative estimate of drug-likeness (QED) is 0.861. The summed E-state index contributed by atoms with van der Waals surface area (Å²) in [5, 5.41) is 16.0. The summed E-state index contributed by atoms with van der Waals surface area (Å²) in [5.74, 6) is 0.199. The van der Waals surface area contributed by atoms with E-state index < -0.39 is 11.7 Å². The van der Waals surface area contributed by atoms with Crippen LogP contribution in [0, 0.1) is 0 Å². The summed E-state index contributed by atoms with van der Waals surface area (Å²) in [7, 11) is 0. The lowest BCUT2D eigenvalue weighted by atomic mass is 10.3. The molecule has 17 heavy (non-hydrogen) atoms. The van der Waals surface area contributed by atoms with Crippen LogP contribution >= 0.6 is 0 Å². The number of aliphatic hydroxyl groups is 1. The Morgan fingerprint density at radius 2 is 2.06 bits per heavy atom. The van der Waals surface area contributed by atoms with E-state index in [9.17, 15) is 13.2 Å². The molecule has 5 nitrogen and oxygen atoms in total. The van der Waals surface area contributed by atoms with Gasteiger partial charge in [-0.05, 0) is 12.1 Å². The van der Waals surface area contributed by atoms with Crippen LogP contribution in [0.25, 0.3) is 5.82 Å². The normalized spacial score (nSPS) is 11.8. The number of alkyl halides is 3. The van der Waals surface area contributed by atoms with Crippen molar-refractivity contribution in [2.24, 2.45) is 0 Å². The second-order valence-corrected chi connectivity index (χ2v) is 3.22. The fourth-order valence-corrected chi connectivity index (χ4v) is 1.17. The second-order valence-electron chi connectivity index (χ2n) is 3.22. The van der Waals surface area contributed by atoms with Crippen LogP contribution < -0.4 is 0 Å². The fourth-order valence-electron chi connectivity index (χ4n) is 1.17. The van der Waals surface area contributed by atoms with Crippen molar-refractivity contribution in [3.8, 4) is 5.82 Å². The Morgan fingerprint density at radius 1 is 1.29 bits per heavy atom. The maximum absolute atomic E-state index is 12.3. The second kappa shape index (κ2) is 4.13. The van der Waals surface area contributed by atoms with Gasteiger partial charge in [0.25, 0.3) is 0 Å². The molecule has 0 atom stereocenters. The van der Waals surface area contributed by atoms with Crippen molar-refractivity contribution >= 4 is 0 Å². The highest BCUT2D eigenvalue weighted by atomic mass is 19.4. The minimum absolute atomic E-state index is 0.199. The number of nitrogens with zero attached hydrogens (tertiary/aromatic N) is 4. The molecule has 0 spiro atoms. The molecule has 2 aromatic rings. The fraction of sp³-hybridized carbons (Fsp3) is 0.222. The molecule has 1 N–H and O–H groups in total. The first-order valence-corrected chi connectivity index (χ1v) is 4.56. The first-order valence-electron chi connectivity index (χ1n) is 4.56. The Hall–Kier alpha value is -1.96. The molecule has 0 aliphatic carbocycles. The number of halogens is 3. The molecule has 0 saturated heterocycles. The minimum Gasteiger partial charge on any atom is -0.390 e. The molecule has 2 aromatic heterocycles. The summed E-state index contributed by atoms with van der Waals surface area (Å²) in [6, 6.07) is 2.08. The summed E-state index contributed by atoms with van der Waals surface area (Å²) in [6.07, 6.45) is -2.31. The molecular formula is C9H7F3N4O. The molecule has 0 amide bonds. The van der Waals surface area contributed by atoms with E-state index in [4.69, 9.17) is 5.11 Å². The van der Waals surface area contributed by atoms with E-state index in [0.717, 1.165) is 12.3 Å². The monoisotopic (exact) mass is 244 g/mol. The van der Waals surface area contributed by atoms with Gasteiger partial charge in [0.1, 0.15) is 5.69 Å². The Labute approximate surface area is 93.5 Å². The van der Waals surface area contributed by atoms with Crippen LogP contribution in [0.3, 0.4) is 0 Å². The van der Waals surface area contributed by atoms with E-state index in [1.807, 2.05) is 0 Å². The molecule has 0 radical (unpaired) electrons. The standard InChI is InChI=1S/C9H7F3N4O/c10-9(11,12)6-1-2-8(13-3-6)16-4-7(5-17)14-15-16/h1-4,17H,5H2. The summed E-state index contributed by atoms with van der Waals surface area (Å²) in [6.45, 7) is -0.291. The van der Waals surface area contributed by atoms with Gasteiger partial charge in [-0.1, -0.05) is 5.21 Å². The van der Waals surface area contributed by atoms with Gasteiger partial charge in [0, 0.05) is 6.20 Å². The lowest BCUT2D eigenvalue weighted by molar-refractivity contribution is -0.137. The maximum atomic E-state index is 12.3. The van der Waals surface area contributed by atoms with Gasteiger partial charge in [0.2, 0.25) is 0 Å². The molecule has 8 heteroatoms. The van der Waals surface area contributed by atoms with Crippen molar-refractivity contribution in [1.82, 2.24) is 20.0 Å². The zero-order valence-corrected chi connectivity index (χ0v) is 8.39. The highest BCUT2D eigenvalue weighted by Crippen LogP contribution is 2.28. The molecule has 0 saturated carbocycles. The van der Waals surface area contributed by atoms with E-state index in [1.165, 1.54) is 16.9 Å². The average Bonchev–Trinajstić information content (AvgIpc) is 2.76. The lowest BCUT2D eigenvalue weighted by Gasteiger charge is -2.06. The van der Waals surface area contributed by atoms with Crippen molar-refractivity contribution in [3.63, 3.8) is 0 Å². The highest BCUT2D eigenvalue weighted by molar-refractivity contribution is 5.25. The number of aromatic nitrogens is 4. The topological polar surface area (TPSA) is 63.8 Å². The minimum atomic E-state index is -4.41. The van der Waals surface area contributed by atoms with Gasteiger partial charge in [-0.2, -0.15) is 13.2 Å². The number of hydrogen-bond donors (Lipinski definition) is 1. The molecule has 2 heterocycles. The van der Waals surface area contributed by atoms with Gasteiger partial charge in [-0.15, -0.1) is 5.10 Å². The van der Waals surface area contributed by atoms with E-state index in [-0.39, 0.29) is 12.4 Å². The maximum Gasteiger partial charge on any atom is 0.417 e. The van der Waals surface area contributed by atoms with Gasteiger partial charge in [-0.25, -0.2) is 9.67 Å². The van der Waals surface area contributed by atoms with Crippen molar-refractivity contribution in [2.45, 2.75) is 12.8 Å². The van der Waals surface area contributed by atoms with Crippen molar-refractivity contribution in [3.05, 3.63) is 35.8 Å². The predicted molar refractivity (Wildman–Crippen MR) is 50.1 cm³/mol. The third-order valence-electron chi connectivity index (χ3n) is 2.01. The molecule has 0 fully saturated rings. The SMILES string of the molecule is OCc1cn(-c2ccc(C(F)(F)F)cn2)nn1. The first-order chi connectivity index (χ1) is 8.00. The van der Waals surface area contributed by atoms with Crippen LogP contribution in [-0.4, -0.2) is 25.1 Å². The van der Waals surface area contributed by atoms with Crippen LogP contribution in [0.2, 0.25) is 0 Å². The number of aliphatic hydroxyl groups excluding tert-OH is 1. The molecule has 0 bridgehead atoms. The third kappa shape index (κ3) is 2.41.